The molecule has 1 heterocycles. The molecule has 2 aromatic rings. The van der Waals surface area contributed by atoms with Crippen LogP contribution in [0.1, 0.15) is 11.1 Å². The summed E-state index contributed by atoms with van der Waals surface area (Å²) >= 11 is 0. The minimum atomic E-state index is 0.586. The lowest BCUT2D eigenvalue weighted by molar-refractivity contribution is 0.171. The van der Waals surface area contributed by atoms with Crippen LogP contribution in [0.2, 0.25) is 0 Å². The molecule has 19 heavy (non-hydrogen) atoms. The highest BCUT2D eigenvalue weighted by Gasteiger charge is 2.12. The second-order valence-corrected chi connectivity index (χ2v) is 4.50. The van der Waals surface area contributed by atoms with Gasteiger partial charge in [-0.15, -0.1) is 0 Å². The predicted molar refractivity (Wildman–Crippen MR) is 72.3 cm³/mol. The van der Waals surface area contributed by atoms with Crippen molar-refractivity contribution >= 4 is 0 Å². The molecular weight excluding hydrogens is 238 g/mol. The van der Waals surface area contributed by atoms with Crippen molar-refractivity contribution in [1.29, 1.82) is 5.26 Å². The molecule has 0 amide bonds. The molecule has 0 bridgehead atoms. The largest absolute Gasteiger partial charge is 0.486 e. The van der Waals surface area contributed by atoms with Crippen molar-refractivity contribution in [3.8, 4) is 28.7 Å². The van der Waals surface area contributed by atoms with Gasteiger partial charge in [-0.1, -0.05) is 18.2 Å². The first-order chi connectivity index (χ1) is 9.28. The summed E-state index contributed by atoms with van der Waals surface area (Å²) in [7, 11) is 0. The minimum Gasteiger partial charge on any atom is -0.486 e. The van der Waals surface area contributed by atoms with Crippen molar-refractivity contribution in [1.82, 2.24) is 0 Å². The van der Waals surface area contributed by atoms with Gasteiger partial charge >= 0.3 is 0 Å². The van der Waals surface area contributed by atoms with E-state index in [0.29, 0.717) is 18.8 Å². The molecule has 3 rings (SSSR count). The zero-order valence-electron chi connectivity index (χ0n) is 10.6. The fourth-order valence-electron chi connectivity index (χ4n) is 2.19. The highest BCUT2D eigenvalue weighted by molar-refractivity contribution is 5.69. The van der Waals surface area contributed by atoms with Crippen molar-refractivity contribution in [2.75, 3.05) is 13.2 Å². The molecule has 94 valence electrons. The van der Waals surface area contributed by atoms with E-state index >= 15 is 0 Å². The zero-order chi connectivity index (χ0) is 13.2. The number of hydrogen-bond acceptors (Lipinski definition) is 3. The van der Waals surface area contributed by atoms with Crippen molar-refractivity contribution in [3.05, 3.63) is 47.5 Å². The van der Waals surface area contributed by atoms with E-state index < -0.39 is 0 Å². The van der Waals surface area contributed by atoms with Gasteiger partial charge in [0, 0.05) is 0 Å². The molecule has 0 N–H and O–H groups in total. The minimum absolute atomic E-state index is 0.586. The van der Waals surface area contributed by atoms with Gasteiger partial charge in [0.1, 0.15) is 13.2 Å². The summed E-state index contributed by atoms with van der Waals surface area (Å²) in [6.45, 7) is 3.13. The summed E-state index contributed by atoms with van der Waals surface area (Å²) in [5.41, 5.74) is 3.83. The lowest BCUT2D eigenvalue weighted by atomic mass is 10.00. The van der Waals surface area contributed by atoms with Crippen molar-refractivity contribution in [2.24, 2.45) is 0 Å². The molecule has 0 spiro atoms. The zero-order valence-corrected chi connectivity index (χ0v) is 10.6. The third kappa shape index (κ3) is 2.13. The van der Waals surface area contributed by atoms with Gasteiger partial charge in [-0.25, -0.2) is 0 Å². The number of ether oxygens (including phenoxy) is 2. The van der Waals surface area contributed by atoms with Crippen LogP contribution in [-0.4, -0.2) is 13.2 Å². The van der Waals surface area contributed by atoms with E-state index in [1.165, 1.54) is 0 Å². The monoisotopic (exact) mass is 251 g/mol. The van der Waals surface area contributed by atoms with Gasteiger partial charge in [-0.05, 0) is 41.8 Å². The maximum Gasteiger partial charge on any atom is 0.161 e. The summed E-state index contributed by atoms with van der Waals surface area (Å²) in [5, 5.41) is 8.95. The van der Waals surface area contributed by atoms with Crippen LogP contribution in [-0.2, 0) is 0 Å². The quantitative estimate of drug-likeness (QED) is 0.781. The van der Waals surface area contributed by atoms with Crippen LogP contribution in [0.15, 0.2) is 36.4 Å². The Morgan fingerprint density at radius 2 is 1.63 bits per heavy atom. The first-order valence-electron chi connectivity index (χ1n) is 6.19. The van der Waals surface area contributed by atoms with Crippen molar-refractivity contribution < 1.29 is 9.47 Å². The van der Waals surface area contributed by atoms with E-state index in [2.05, 4.69) is 6.07 Å². The predicted octanol–water partition coefficient (Wildman–Crippen LogP) is 3.30. The summed E-state index contributed by atoms with van der Waals surface area (Å²) in [6.07, 6.45) is 0. The number of benzene rings is 2. The van der Waals surface area contributed by atoms with E-state index in [1.807, 2.05) is 43.3 Å². The molecule has 0 fully saturated rings. The Labute approximate surface area is 112 Å². The Bertz CT molecular complexity index is 671. The third-order valence-electron chi connectivity index (χ3n) is 3.22. The van der Waals surface area contributed by atoms with Gasteiger partial charge in [0.05, 0.1) is 11.6 Å². The van der Waals surface area contributed by atoms with Gasteiger partial charge in [-0.2, -0.15) is 5.26 Å². The second-order valence-electron chi connectivity index (χ2n) is 4.50. The molecule has 0 unspecified atom stereocenters. The maximum atomic E-state index is 8.95. The third-order valence-corrected chi connectivity index (χ3v) is 3.22. The molecule has 3 nitrogen and oxygen atoms in total. The number of rotatable bonds is 1. The number of nitrogens with zero attached hydrogens (tertiary/aromatic N) is 1. The molecule has 0 saturated carbocycles. The first kappa shape index (κ1) is 11.6. The highest BCUT2D eigenvalue weighted by Crippen LogP contribution is 2.34. The van der Waals surface area contributed by atoms with Crippen LogP contribution in [0.5, 0.6) is 11.5 Å². The highest BCUT2D eigenvalue weighted by atomic mass is 16.6. The molecule has 0 aromatic heterocycles. The Hall–Kier alpha value is -2.47. The van der Waals surface area contributed by atoms with Crippen LogP contribution < -0.4 is 9.47 Å². The number of fused-ring (bicyclic) bond motifs is 1. The molecule has 2 aromatic carbocycles. The molecule has 0 aliphatic carbocycles. The Balaban J connectivity index is 2.03. The molecule has 1 aliphatic heterocycles. The average Bonchev–Trinajstić information content (AvgIpc) is 2.46. The van der Waals surface area contributed by atoms with Crippen LogP contribution in [0, 0.1) is 18.3 Å². The summed E-state index contributed by atoms with van der Waals surface area (Å²) in [4.78, 5) is 0. The molecule has 0 atom stereocenters. The fourth-order valence-corrected chi connectivity index (χ4v) is 2.19. The fraction of sp³-hybridized carbons (Fsp3) is 0.188. The Morgan fingerprint density at radius 3 is 2.37 bits per heavy atom. The lowest BCUT2D eigenvalue weighted by Gasteiger charge is -2.19. The van der Waals surface area contributed by atoms with Gasteiger partial charge in [0.15, 0.2) is 11.5 Å². The number of aryl methyl sites for hydroxylation is 1. The van der Waals surface area contributed by atoms with E-state index in [9.17, 15) is 0 Å². The maximum absolute atomic E-state index is 8.95. The topological polar surface area (TPSA) is 42.2 Å². The molecule has 0 radical (unpaired) electrons. The Morgan fingerprint density at radius 1 is 0.947 bits per heavy atom. The van der Waals surface area contributed by atoms with Gasteiger partial charge in [0.2, 0.25) is 0 Å². The van der Waals surface area contributed by atoms with Crippen LogP contribution in [0.4, 0.5) is 0 Å². The first-order valence-corrected chi connectivity index (χ1v) is 6.19. The standard InChI is InChI=1S/C16H13NO2/c1-11-8-12(2-3-14(11)10-17)13-4-5-15-16(9-13)19-7-6-18-15/h2-5,8-9H,6-7H2,1H3. The van der Waals surface area contributed by atoms with Gasteiger partial charge in [-0.3, -0.25) is 0 Å². The van der Waals surface area contributed by atoms with Crippen molar-refractivity contribution in [2.45, 2.75) is 6.92 Å². The van der Waals surface area contributed by atoms with Crippen LogP contribution >= 0.6 is 0 Å². The number of hydrogen-bond donors (Lipinski definition) is 0. The molecule has 1 aliphatic rings. The number of nitriles is 1. The van der Waals surface area contributed by atoms with E-state index in [4.69, 9.17) is 14.7 Å². The van der Waals surface area contributed by atoms with E-state index in [-0.39, 0.29) is 0 Å². The summed E-state index contributed by atoms with van der Waals surface area (Å²) < 4.78 is 11.1. The molecule has 3 heteroatoms. The second kappa shape index (κ2) is 4.66. The van der Waals surface area contributed by atoms with Crippen LogP contribution in [0.3, 0.4) is 0 Å². The van der Waals surface area contributed by atoms with Crippen molar-refractivity contribution in [3.63, 3.8) is 0 Å². The lowest BCUT2D eigenvalue weighted by Crippen LogP contribution is -2.15. The summed E-state index contributed by atoms with van der Waals surface area (Å²) in [5.74, 6) is 1.58. The summed E-state index contributed by atoms with van der Waals surface area (Å²) in [6, 6.07) is 13.9. The van der Waals surface area contributed by atoms with Gasteiger partial charge in [0.25, 0.3) is 0 Å². The molecule has 0 saturated heterocycles. The van der Waals surface area contributed by atoms with E-state index in [0.717, 1.165) is 28.2 Å². The molecular formula is C16H13NO2. The van der Waals surface area contributed by atoms with Crippen LogP contribution in [0.25, 0.3) is 11.1 Å². The average molecular weight is 251 g/mol. The van der Waals surface area contributed by atoms with Gasteiger partial charge < -0.3 is 9.47 Å². The van der Waals surface area contributed by atoms with E-state index in [1.54, 1.807) is 0 Å². The smallest absolute Gasteiger partial charge is 0.161 e. The normalized spacial score (nSPS) is 12.8. The SMILES string of the molecule is Cc1cc(-c2ccc3c(c2)OCCO3)ccc1C#N. The Kier molecular flexibility index (Phi) is 2.85.